The highest BCUT2D eigenvalue weighted by molar-refractivity contribution is 5.73. The molecule has 0 bridgehead atoms. The summed E-state index contributed by atoms with van der Waals surface area (Å²) in [6.45, 7) is -3.54. The molecule has 0 aromatic heterocycles. The molecule has 0 aliphatic heterocycles. The third-order valence-electron chi connectivity index (χ3n) is 3.60. The molecular weight excluding hydrogens is 426 g/mol. The van der Waals surface area contributed by atoms with Crippen LogP contribution in [0.15, 0.2) is 0 Å². The highest BCUT2D eigenvalue weighted by Crippen LogP contribution is 2.07. The van der Waals surface area contributed by atoms with Gasteiger partial charge in [-0.1, -0.05) is 0 Å². The van der Waals surface area contributed by atoms with Gasteiger partial charge in [0, 0.05) is 20.0 Å². The number of aliphatic carboxylic acids is 5. The topological polar surface area (TPSA) is 223 Å². The van der Waals surface area contributed by atoms with Crippen LogP contribution in [0, 0.1) is 0 Å². The fraction of sp³-hybridized carbons (Fsp3) is 0.625. The molecule has 0 aliphatic carbocycles. The number of hydrogen-bond donors (Lipinski definition) is 5. The highest BCUT2D eigenvalue weighted by atomic mass is 16.6. The largest absolute Gasteiger partial charge is 0.480 e. The van der Waals surface area contributed by atoms with E-state index in [1.165, 1.54) is 0 Å². The Hall–Kier alpha value is -3.30. The molecule has 0 aromatic carbocycles. The van der Waals surface area contributed by atoms with E-state index in [4.69, 9.17) is 30.3 Å². The standard InChI is InChI=1S/C16H25N3O12/c1-10(20)31-11(4-18(7-14(25)26)8-15(27)28)19(9-16(29)30)3-2-17(5-12(21)22)6-13(23)24/h11H,2-9H2,1H3,(H,21,22)(H,23,24)(H,25,26)(H,27,28)(H,29,30). The van der Waals surface area contributed by atoms with Crippen molar-refractivity contribution < 1.29 is 59.0 Å². The van der Waals surface area contributed by atoms with Crippen molar-refractivity contribution in [2.75, 3.05) is 52.4 Å². The summed E-state index contributed by atoms with van der Waals surface area (Å²) < 4.78 is 5.05. The third kappa shape index (κ3) is 14.3. The van der Waals surface area contributed by atoms with Gasteiger partial charge in [-0.05, 0) is 0 Å². The molecular formula is C16H25N3O12. The summed E-state index contributed by atoms with van der Waals surface area (Å²) in [5, 5.41) is 44.9. The summed E-state index contributed by atoms with van der Waals surface area (Å²) in [5.41, 5.74) is 0. The molecule has 0 radical (unpaired) electrons. The molecule has 5 N–H and O–H groups in total. The van der Waals surface area contributed by atoms with Crippen LogP contribution in [0.4, 0.5) is 0 Å². The normalized spacial score (nSPS) is 12.0. The Morgan fingerprint density at radius 3 is 1.39 bits per heavy atom. The summed E-state index contributed by atoms with van der Waals surface area (Å²) >= 11 is 0. The number of carboxylic acids is 5. The second kappa shape index (κ2) is 13.8. The van der Waals surface area contributed by atoms with E-state index in [0.29, 0.717) is 0 Å². The Morgan fingerprint density at radius 1 is 0.645 bits per heavy atom. The second-order valence-electron chi connectivity index (χ2n) is 6.38. The maximum Gasteiger partial charge on any atom is 0.317 e. The molecule has 0 heterocycles. The van der Waals surface area contributed by atoms with Crippen LogP contribution in [0.1, 0.15) is 6.92 Å². The quantitative estimate of drug-likeness (QED) is 0.111. The number of nitrogens with zero attached hydrogens (tertiary/aromatic N) is 3. The van der Waals surface area contributed by atoms with Crippen LogP contribution in [0.3, 0.4) is 0 Å². The zero-order chi connectivity index (χ0) is 24.1. The molecule has 0 spiro atoms. The summed E-state index contributed by atoms with van der Waals surface area (Å²) in [5.74, 6) is -7.63. The molecule has 31 heavy (non-hydrogen) atoms. The van der Waals surface area contributed by atoms with E-state index in [1.54, 1.807) is 0 Å². The molecule has 0 aliphatic rings. The number of carbonyl (C=O) groups excluding carboxylic acids is 1. The number of ether oxygens (including phenoxy) is 1. The number of rotatable bonds is 17. The fourth-order valence-electron chi connectivity index (χ4n) is 2.57. The maximum absolute atomic E-state index is 11.5. The van der Waals surface area contributed by atoms with Crippen LogP contribution in [0.25, 0.3) is 0 Å². The predicted octanol–water partition coefficient (Wildman–Crippen LogP) is -2.80. The Bertz CT molecular complexity index is 651. The first-order valence-electron chi connectivity index (χ1n) is 8.75. The van der Waals surface area contributed by atoms with Crippen LogP contribution < -0.4 is 0 Å². The molecule has 15 nitrogen and oxygen atoms in total. The summed E-state index contributed by atoms with van der Waals surface area (Å²) in [6.07, 6.45) is -1.40. The lowest BCUT2D eigenvalue weighted by molar-refractivity contribution is -0.164. The van der Waals surface area contributed by atoms with Crippen molar-refractivity contribution in [3.8, 4) is 0 Å². The predicted molar refractivity (Wildman–Crippen MR) is 98.2 cm³/mol. The van der Waals surface area contributed by atoms with Crippen molar-refractivity contribution in [2.24, 2.45) is 0 Å². The van der Waals surface area contributed by atoms with Crippen molar-refractivity contribution >= 4 is 35.8 Å². The SMILES string of the molecule is CC(=O)OC(CN(CC(=O)O)CC(=O)O)N(CCN(CC(=O)O)CC(=O)O)CC(=O)O. The lowest BCUT2D eigenvalue weighted by Crippen LogP contribution is -2.52. The van der Waals surface area contributed by atoms with Crippen molar-refractivity contribution in [1.82, 2.24) is 14.7 Å². The summed E-state index contributed by atoms with van der Waals surface area (Å²) in [6, 6.07) is 0. The van der Waals surface area contributed by atoms with Crippen molar-refractivity contribution in [3.63, 3.8) is 0 Å². The van der Waals surface area contributed by atoms with E-state index in [9.17, 15) is 28.8 Å². The lowest BCUT2D eigenvalue weighted by atomic mass is 10.3. The van der Waals surface area contributed by atoms with Crippen LogP contribution >= 0.6 is 0 Å². The smallest absolute Gasteiger partial charge is 0.317 e. The molecule has 0 amide bonds. The number of esters is 1. The summed E-state index contributed by atoms with van der Waals surface area (Å²) in [4.78, 5) is 69.5. The molecule has 0 saturated carbocycles. The molecule has 176 valence electrons. The molecule has 15 heteroatoms. The van der Waals surface area contributed by atoms with Gasteiger partial charge in [0.1, 0.15) is 0 Å². The first-order chi connectivity index (χ1) is 14.3. The van der Waals surface area contributed by atoms with Gasteiger partial charge in [0.05, 0.1) is 39.3 Å². The van der Waals surface area contributed by atoms with Gasteiger partial charge in [0.25, 0.3) is 0 Å². The maximum atomic E-state index is 11.5. The van der Waals surface area contributed by atoms with Crippen molar-refractivity contribution in [3.05, 3.63) is 0 Å². The first-order valence-corrected chi connectivity index (χ1v) is 8.75. The van der Waals surface area contributed by atoms with Gasteiger partial charge in [0.2, 0.25) is 0 Å². The molecule has 1 atom stereocenters. The van der Waals surface area contributed by atoms with E-state index < -0.39 is 81.3 Å². The number of carbonyl (C=O) groups is 6. The zero-order valence-electron chi connectivity index (χ0n) is 16.7. The number of carboxylic acid groups (broad SMARTS) is 5. The van der Waals surface area contributed by atoms with Gasteiger partial charge in [0.15, 0.2) is 6.23 Å². The molecule has 0 fully saturated rings. The minimum atomic E-state index is -1.40. The van der Waals surface area contributed by atoms with Gasteiger partial charge < -0.3 is 30.3 Å². The first kappa shape index (κ1) is 27.7. The van der Waals surface area contributed by atoms with Gasteiger partial charge in [-0.15, -0.1) is 0 Å². The Morgan fingerprint density at radius 2 is 1.03 bits per heavy atom. The van der Waals surface area contributed by atoms with Crippen molar-refractivity contribution in [2.45, 2.75) is 13.2 Å². The van der Waals surface area contributed by atoms with Gasteiger partial charge in [-0.3, -0.25) is 43.5 Å². The molecule has 0 saturated heterocycles. The Labute approximate surface area is 176 Å². The van der Waals surface area contributed by atoms with E-state index >= 15 is 0 Å². The van der Waals surface area contributed by atoms with E-state index in [-0.39, 0.29) is 13.1 Å². The zero-order valence-corrected chi connectivity index (χ0v) is 16.7. The van der Waals surface area contributed by atoms with Crippen LogP contribution in [-0.2, 0) is 33.5 Å². The van der Waals surface area contributed by atoms with Crippen LogP contribution in [0.5, 0.6) is 0 Å². The van der Waals surface area contributed by atoms with Gasteiger partial charge in [-0.25, -0.2) is 0 Å². The summed E-state index contributed by atoms with van der Waals surface area (Å²) in [7, 11) is 0. The van der Waals surface area contributed by atoms with Crippen LogP contribution in [-0.4, -0.2) is 135 Å². The third-order valence-corrected chi connectivity index (χ3v) is 3.60. The fourth-order valence-corrected chi connectivity index (χ4v) is 2.57. The average Bonchev–Trinajstić information content (AvgIpc) is 2.54. The average molecular weight is 451 g/mol. The van der Waals surface area contributed by atoms with Crippen molar-refractivity contribution in [1.29, 1.82) is 0 Å². The monoisotopic (exact) mass is 451 g/mol. The highest BCUT2D eigenvalue weighted by Gasteiger charge is 2.28. The minimum absolute atomic E-state index is 0.249. The van der Waals surface area contributed by atoms with Crippen LogP contribution in [0.2, 0.25) is 0 Å². The Kier molecular flexibility index (Phi) is 12.4. The van der Waals surface area contributed by atoms with Gasteiger partial charge >= 0.3 is 35.8 Å². The van der Waals surface area contributed by atoms with E-state index in [1.807, 2.05) is 0 Å². The van der Waals surface area contributed by atoms with Gasteiger partial charge in [-0.2, -0.15) is 0 Å². The Balaban J connectivity index is 5.62. The molecule has 1 unspecified atom stereocenters. The van der Waals surface area contributed by atoms with E-state index in [2.05, 4.69) is 0 Å². The van der Waals surface area contributed by atoms with E-state index in [0.717, 1.165) is 21.6 Å². The lowest BCUT2D eigenvalue weighted by Gasteiger charge is -2.34. The molecule has 0 aromatic rings. The second-order valence-corrected chi connectivity index (χ2v) is 6.38. The molecule has 0 rings (SSSR count). The number of hydrogen-bond acceptors (Lipinski definition) is 10. The minimum Gasteiger partial charge on any atom is -0.480 e.